The van der Waals surface area contributed by atoms with Crippen molar-refractivity contribution in [2.24, 2.45) is 11.8 Å². The number of ether oxygens (including phenoxy) is 2. The highest BCUT2D eigenvalue weighted by molar-refractivity contribution is 5.47. The Morgan fingerprint density at radius 1 is 0.886 bits per heavy atom. The summed E-state index contributed by atoms with van der Waals surface area (Å²) in [7, 11) is 0. The number of halogens is 9. The summed E-state index contributed by atoms with van der Waals surface area (Å²) in [6, 6.07) is 4.11. The standard InChI is InChI=1S/C32H22F9NO2/c1-2-3-10-43-21-8-7-20(42-17-21)6-4-18-11-26(35)30(27(36)12-18)32(40,41)44-22-15-24(33)23(25(34)16-22)9-5-19-13-28(37)31(39)29(38)14-19/h7-8,11-17,23-24,26,30H,2-3,10H2,1H3. The molecule has 4 rings (SSSR count). The van der Waals surface area contributed by atoms with Gasteiger partial charge in [-0.25, -0.2) is 35.7 Å². The Balaban J connectivity index is 1.42. The topological polar surface area (TPSA) is 31.4 Å². The zero-order chi connectivity index (χ0) is 32.0. The SMILES string of the molecule is CCCCOc1ccc(C#CC2=CC(F)C(C(F)(F)OC3=CC(F)C(C#Cc4cc(F)c(F)c(F)c4)C(F)=C3)C(F)=C2)nc1. The third-order valence-corrected chi connectivity index (χ3v) is 6.28. The smallest absolute Gasteiger partial charge is 0.410 e. The lowest BCUT2D eigenvalue weighted by molar-refractivity contribution is -0.250. The molecule has 0 saturated heterocycles. The third-order valence-electron chi connectivity index (χ3n) is 6.28. The second kappa shape index (κ2) is 13.8. The van der Waals surface area contributed by atoms with Crippen molar-refractivity contribution in [3.05, 3.63) is 106 Å². The molecule has 1 aromatic heterocycles. The predicted molar refractivity (Wildman–Crippen MR) is 142 cm³/mol. The fourth-order valence-electron chi connectivity index (χ4n) is 4.04. The van der Waals surface area contributed by atoms with Crippen LogP contribution in [0, 0.1) is 53.0 Å². The first-order valence-corrected chi connectivity index (χ1v) is 13.2. The molecule has 0 aliphatic heterocycles. The van der Waals surface area contributed by atoms with Gasteiger partial charge in [-0.1, -0.05) is 31.1 Å². The van der Waals surface area contributed by atoms with Crippen molar-refractivity contribution in [2.45, 2.75) is 38.2 Å². The highest BCUT2D eigenvalue weighted by Gasteiger charge is 2.51. The van der Waals surface area contributed by atoms with E-state index in [2.05, 4.69) is 27.5 Å². The molecule has 0 saturated carbocycles. The van der Waals surface area contributed by atoms with Crippen LogP contribution in [0.2, 0.25) is 0 Å². The molecule has 4 unspecified atom stereocenters. The zero-order valence-electron chi connectivity index (χ0n) is 22.8. The predicted octanol–water partition coefficient (Wildman–Crippen LogP) is 8.14. The molecule has 0 amide bonds. The number of nitrogens with zero attached hydrogens (tertiary/aromatic N) is 1. The van der Waals surface area contributed by atoms with Crippen LogP contribution in [-0.2, 0) is 4.74 Å². The number of allylic oxidation sites excluding steroid dienone is 6. The molecule has 1 aromatic carbocycles. The fourth-order valence-corrected chi connectivity index (χ4v) is 4.04. The first-order valence-electron chi connectivity index (χ1n) is 13.2. The first kappa shape index (κ1) is 32.3. The lowest BCUT2D eigenvalue weighted by Gasteiger charge is -2.30. The monoisotopic (exact) mass is 623 g/mol. The average molecular weight is 624 g/mol. The van der Waals surface area contributed by atoms with E-state index in [1.165, 1.54) is 12.3 Å². The molecule has 230 valence electrons. The molecule has 44 heavy (non-hydrogen) atoms. The number of hydrogen-bond acceptors (Lipinski definition) is 3. The molecule has 4 atom stereocenters. The summed E-state index contributed by atoms with van der Waals surface area (Å²) >= 11 is 0. The van der Waals surface area contributed by atoms with Crippen LogP contribution >= 0.6 is 0 Å². The van der Waals surface area contributed by atoms with Gasteiger partial charge in [-0.3, -0.25) is 0 Å². The van der Waals surface area contributed by atoms with E-state index in [4.69, 9.17) is 4.74 Å². The quantitative estimate of drug-likeness (QED) is 0.135. The summed E-state index contributed by atoms with van der Waals surface area (Å²) < 4.78 is 138. The number of rotatable bonds is 7. The second-order valence-corrected chi connectivity index (χ2v) is 9.61. The maximum atomic E-state index is 14.9. The molecule has 2 aliphatic rings. The minimum atomic E-state index is -4.60. The second-order valence-electron chi connectivity index (χ2n) is 9.61. The van der Waals surface area contributed by atoms with Crippen molar-refractivity contribution >= 4 is 0 Å². The van der Waals surface area contributed by atoms with Gasteiger partial charge >= 0.3 is 6.11 Å². The molecule has 12 heteroatoms. The summed E-state index contributed by atoms with van der Waals surface area (Å²) in [5.41, 5.74) is -0.458. The van der Waals surface area contributed by atoms with Crippen LogP contribution in [-0.4, -0.2) is 30.0 Å². The van der Waals surface area contributed by atoms with Crippen molar-refractivity contribution < 1.29 is 49.0 Å². The number of benzene rings is 1. The van der Waals surface area contributed by atoms with Crippen molar-refractivity contribution in [2.75, 3.05) is 6.61 Å². The molecule has 0 fully saturated rings. The number of pyridine rings is 1. The number of alkyl halides is 4. The molecule has 0 spiro atoms. The van der Waals surface area contributed by atoms with Crippen molar-refractivity contribution in [1.82, 2.24) is 4.98 Å². The lowest BCUT2D eigenvalue weighted by atomic mass is 9.92. The van der Waals surface area contributed by atoms with E-state index in [1.54, 1.807) is 6.07 Å². The van der Waals surface area contributed by atoms with Gasteiger partial charge in [0.15, 0.2) is 17.5 Å². The Kier molecular flexibility index (Phi) is 10.1. The molecular formula is C32H22F9NO2. The van der Waals surface area contributed by atoms with E-state index in [9.17, 15) is 39.5 Å². The van der Waals surface area contributed by atoms with E-state index >= 15 is 0 Å². The largest absolute Gasteiger partial charge is 0.492 e. The van der Waals surface area contributed by atoms with Gasteiger partial charge in [0, 0.05) is 17.2 Å². The first-order chi connectivity index (χ1) is 20.9. The van der Waals surface area contributed by atoms with Gasteiger partial charge in [0.25, 0.3) is 0 Å². The molecule has 2 aliphatic carbocycles. The van der Waals surface area contributed by atoms with Gasteiger partial charge in [0.1, 0.15) is 53.0 Å². The number of aromatic nitrogens is 1. The maximum Gasteiger partial charge on any atom is 0.410 e. The molecule has 0 radical (unpaired) electrons. The van der Waals surface area contributed by atoms with Gasteiger partial charge in [-0.2, -0.15) is 8.78 Å². The highest BCUT2D eigenvalue weighted by atomic mass is 19.3. The van der Waals surface area contributed by atoms with Crippen molar-refractivity contribution in [3.63, 3.8) is 0 Å². The summed E-state index contributed by atoms with van der Waals surface area (Å²) in [6.45, 7) is 2.51. The normalized spacial score (nSPS) is 21.4. The highest BCUT2D eigenvalue weighted by Crippen LogP contribution is 2.42. The summed E-state index contributed by atoms with van der Waals surface area (Å²) in [6.07, 6.45) is -4.43. The van der Waals surface area contributed by atoms with Crippen LogP contribution in [0.5, 0.6) is 5.75 Å². The van der Waals surface area contributed by atoms with Crippen LogP contribution < -0.4 is 4.74 Å². The molecule has 2 aromatic rings. The van der Waals surface area contributed by atoms with Crippen LogP contribution in [0.1, 0.15) is 31.0 Å². The van der Waals surface area contributed by atoms with Crippen molar-refractivity contribution in [3.8, 4) is 29.4 Å². The van der Waals surface area contributed by atoms with E-state index in [0.717, 1.165) is 12.8 Å². The van der Waals surface area contributed by atoms with Gasteiger partial charge in [0.05, 0.1) is 12.8 Å². The molecule has 1 heterocycles. The third kappa shape index (κ3) is 7.87. The molecular weight excluding hydrogens is 601 g/mol. The van der Waals surface area contributed by atoms with Crippen LogP contribution in [0.4, 0.5) is 39.5 Å². The minimum Gasteiger partial charge on any atom is -0.492 e. The minimum absolute atomic E-state index is 0.229. The molecule has 3 nitrogen and oxygen atoms in total. The fraction of sp³-hybridized carbons (Fsp3) is 0.281. The Morgan fingerprint density at radius 2 is 1.61 bits per heavy atom. The summed E-state index contributed by atoms with van der Waals surface area (Å²) in [5.74, 6) is -4.08. The van der Waals surface area contributed by atoms with Gasteiger partial charge in [-0.15, -0.1) is 0 Å². The molecule has 0 N–H and O–H groups in total. The Hall–Kier alpha value is -4.58. The van der Waals surface area contributed by atoms with E-state index in [0.29, 0.717) is 48.8 Å². The van der Waals surface area contributed by atoms with Crippen LogP contribution in [0.3, 0.4) is 0 Å². The Bertz CT molecular complexity index is 1620. The van der Waals surface area contributed by atoms with Gasteiger partial charge < -0.3 is 9.47 Å². The summed E-state index contributed by atoms with van der Waals surface area (Å²) in [4.78, 5) is 4.05. The van der Waals surface area contributed by atoms with Crippen LogP contribution in [0.15, 0.2) is 77.8 Å². The Labute approximate surface area is 246 Å². The van der Waals surface area contributed by atoms with Gasteiger partial charge in [-0.05, 0) is 54.8 Å². The van der Waals surface area contributed by atoms with E-state index < -0.39 is 70.7 Å². The van der Waals surface area contributed by atoms with Crippen LogP contribution in [0.25, 0.3) is 0 Å². The lowest BCUT2D eigenvalue weighted by Crippen LogP contribution is -2.39. The average Bonchev–Trinajstić information content (AvgIpc) is 2.94. The van der Waals surface area contributed by atoms with Crippen molar-refractivity contribution in [1.29, 1.82) is 0 Å². The summed E-state index contributed by atoms with van der Waals surface area (Å²) in [5, 5.41) is 0. The number of hydrogen-bond donors (Lipinski definition) is 0. The number of unbranched alkanes of at least 4 members (excludes halogenated alkanes) is 1. The van der Waals surface area contributed by atoms with E-state index in [-0.39, 0.29) is 11.3 Å². The Morgan fingerprint density at radius 3 is 2.23 bits per heavy atom. The maximum absolute atomic E-state index is 14.9. The van der Waals surface area contributed by atoms with Gasteiger partial charge in [0.2, 0.25) is 0 Å². The van der Waals surface area contributed by atoms with E-state index in [1.807, 2.05) is 12.8 Å². The zero-order valence-corrected chi connectivity index (χ0v) is 22.8. The molecule has 0 bridgehead atoms.